The van der Waals surface area contributed by atoms with Crippen LogP contribution in [0.4, 0.5) is 9.59 Å². The molecular weight excluding hydrogens is 873 g/mol. The first kappa shape index (κ1) is 47.0. The summed E-state index contributed by atoms with van der Waals surface area (Å²) in [4.78, 5) is 78.3. The molecular formula is C48H55Cl2N7O8. The fourth-order valence-electron chi connectivity index (χ4n) is 8.11. The largest absolute Gasteiger partial charge is 0.481 e. The number of hydrogen-bond donors (Lipinski definition) is 2. The topological polar surface area (TPSA) is 173 Å². The van der Waals surface area contributed by atoms with Gasteiger partial charge >= 0.3 is 12.2 Å². The predicted molar refractivity (Wildman–Crippen MR) is 246 cm³/mol. The van der Waals surface area contributed by atoms with Crippen molar-refractivity contribution < 1.29 is 38.2 Å². The maximum atomic E-state index is 13.6. The molecule has 0 aliphatic carbocycles. The number of fused-ring (bicyclic) bond motifs is 1. The Hall–Kier alpha value is -5.93. The normalized spacial score (nSPS) is 17.1. The van der Waals surface area contributed by atoms with Gasteiger partial charge in [-0.3, -0.25) is 19.4 Å². The molecule has 7 rings (SSSR count). The third-order valence-electron chi connectivity index (χ3n) is 11.2. The third kappa shape index (κ3) is 11.3. The van der Waals surface area contributed by atoms with Crippen molar-refractivity contribution in [3.63, 3.8) is 0 Å². The Kier molecular flexibility index (Phi) is 13.9. The van der Waals surface area contributed by atoms with Gasteiger partial charge in [0.25, 0.3) is 5.91 Å². The first-order chi connectivity index (χ1) is 30.8. The fourth-order valence-corrected chi connectivity index (χ4v) is 8.76. The Morgan fingerprint density at radius 1 is 0.754 bits per heavy atom. The zero-order chi connectivity index (χ0) is 46.8. The van der Waals surface area contributed by atoms with E-state index in [1.165, 1.54) is 7.11 Å². The van der Waals surface area contributed by atoms with Crippen LogP contribution >= 0.6 is 23.2 Å². The molecule has 344 valence electrons. The summed E-state index contributed by atoms with van der Waals surface area (Å²) in [5.41, 5.74) is 4.14. The number of nitrogens with one attached hydrogen (secondary N) is 2. The first-order valence-corrected chi connectivity index (χ1v) is 22.5. The number of aromatic nitrogens is 2. The molecule has 15 nitrogen and oxygen atoms in total. The average molecular weight is 929 g/mol. The zero-order valence-corrected chi connectivity index (χ0v) is 39.3. The number of pyridine rings is 2. The van der Waals surface area contributed by atoms with Gasteiger partial charge in [-0.15, -0.1) is 0 Å². The molecule has 5 amide bonds. The van der Waals surface area contributed by atoms with Crippen LogP contribution in [0.2, 0.25) is 10.0 Å². The van der Waals surface area contributed by atoms with Gasteiger partial charge in [-0.2, -0.15) is 0 Å². The summed E-state index contributed by atoms with van der Waals surface area (Å²) in [6.45, 7) is 12.2. The average Bonchev–Trinajstić information content (AvgIpc) is 3.94. The van der Waals surface area contributed by atoms with E-state index in [4.69, 9.17) is 42.4 Å². The number of amides is 5. The highest BCUT2D eigenvalue weighted by Gasteiger charge is 2.33. The van der Waals surface area contributed by atoms with Crippen molar-refractivity contribution >= 4 is 53.1 Å². The van der Waals surface area contributed by atoms with E-state index in [1.807, 2.05) is 54.6 Å². The van der Waals surface area contributed by atoms with Crippen LogP contribution < -0.4 is 15.4 Å². The summed E-state index contributed by atoms with van der Waals surface area (Å²) < 4.78 is 17.1. The van der Waals surface area contributed by atoms with Gasteiger partial charge in [0.1, 0.15) is 11.2 Å². The lowest BCUT2D eigenvalue weighted by molar-refractivity contribution is -0.120. The van der Waals surface area contributed by atoms with Crippen LogP contribution in [0.1, 0.15) is 88.7 Å². The number of benzene rings is 2. The number of halogens is 2. The molecule has 2 aromatic heterocycles. The van der Waals surface area contributed by atoms with Gasteiger partial charge in [-0.25, -0.2) is 14.6 Å². The van der Waals surface area contributed by atoms with E-state index in [0.29, 0.717) is 92.9 Å². The Bertz CT molecular complexity index is 2500. The second kappa shape index (κ2) is 19.3. The van der Waals surface area contributed by atoms with Crippen molar-refractivity contribution in [2.24, 2.45) is 0 Å². The van der Waals surface area contributed by atoms with Crippen LogP contribution in [-0.2, 0) is 32.2 Å². The Labute approximate surface area is 389 Å². The van der Waals surface area contributed by atoms with Gasteiger partial charge in [0, 0.05) is 91.7 Å². The Balaban J connectivity index is 1.09. The van der Waals surface area contributed by atoms with E-state index in [-0.39, 0.29) is 62.5 Å². The van der Waals surface area contributed by atoms with Gasteiger partial charge in [0.2, 0.25) is 17.7 Å². The molecule has 2 N–H and O–H groups in total. The number of hydrogen-bond acceptors (Lipinski definition) is 10. The van der Waals surface area contributed by atoms with Crippen molar-refractivity contribution in [2.75, 3.05) is 33.3 Å². The number of nitrogens with zero attached hydrogens (tertiary/aromatic N) is 5. The highest BCUT2D eigenvalue weighted by molar-refractivity contribution is 6.39. The predicted octanol–water partition coefficient (Wildman–Crippen LogP) is 8.28. The van der Waals surface area contributed by atoms with Gasteiger partial charge < -0.3 is 39.5 Å². The number of rotatable bonds is 13. The van der Waals surface area contributed by atoms with Crippen molar-refractivity contribution in [3.05, 3.63) is 87.5 Å². The first-order valence-electron chi connectivity index (χ1n) is 21.7. The number of ether oxygens (including phenoxy) is 3. The number of carbonyl (C=O) groups excluding carboxylic acids is 5. The third-order valence-corrected chi connectivity index (χ3v) is 12.0. The molecule has 0 bridgehead atoms. The SMILES string of the molecule is COc1nc(-c2cccc(-c3cccc(-c4cc5c(cn4)C(=O)N(CCN(C[C@@H]4CCC(=O)N4)C(=O)OC(C)(C)C)C5)c3Cl)c2Cl)ccc1CN(C[C@@H]1CCC(=O)N1)C(=O)OC(C)(C)C. The molecule has 65 heavy (non-hydrogen) atoms. The molecule has 2 saturated heterocycles. The number of carbonyl (C=O) groups is 5. The van der Waals surface area contributed by atoms with Crippen molar-refractivity contribution in [3.8, 4) is 39.5 Å². The molecule has 2 fully saturated rings. The van der Waals surface area contributed by atoms with Crippen molar-refractivity contribution in [1.29, 1.82) is 0 Å². The summed E-state index contributed by atoms with van der Waals surface area (Å²) in [6, 6.07) is 16.3. The molecule has 0 spiro atoms. The summed E-state index contributed by atoms with van der Waals surface area (Å²) in [5.74, 6) is 0.00450. The molecule has 2 aromatic carbocycles. The highest BCUT2D eigenvalue weighted by atomic mass is 35.5. The van der Waals surface area contributed by atoms with E-state index in [9.17, 15) is 24.0 Å². The zero-order valence-electron chi connectivity index (χ0n) is 37.8. The van der Waals surface area contributed by atoms with Gasteiger partial charge in [0.05, 0.1) is 40.7 Å². The highest BCUT2D eigenvalue weighted by Crippen LogP contribution is 2.43. The van der Waals surface area contributed by atoms with Gasteiger partial charge in [-0.1, -0.05) is 59.6 Å². The quantitative estimate of drug-likeness (QED) is 0.133. The summed E-state index contributed by atoms with van der Waals surface area (Å²) in [7, 11) is 1.51. The molecule has 0 saturated carbocycles. The molecule has 5 heterocycles. The van der Waals surface area contributed by atoms with Crippen LogP contribution in [0.25, 0.3) is 33.6 Å². The minimum absolute atomic E-state index is 0.0488. The number of methoxy groups -OCH3 is 1. The van der Waals surface area contributed by atoms with Crippen molar-refractivity contribution in [1.82, 2.24) is 35.3 Å². The lowest BCUT2D eigenvalue weighted by Crippen LogP contribution is -2.47. The monoisotopic (exact) mass is 927 g/mol. The maximum Gasteiger partial charge on any atom is 0.410 e. The molecule has 3 aliphatic heterocycles. The second-order valence-corrected chi connectivity index (χ2v) is 19.3. The van der Waals surface area contributed by atoms with Crippen LogP contribution in [0.3, 0.4) is 0 Å². The molecule has 17 heteroatoms. The summed E-state index contributed by atoms with van der Waals surface area (Å²) in [6.07, 6.45) is 2.58. The molecule has 2 atom stereocenters. The molecule has 4 aromatic rings. The van der Waals surface area contributed by atoms with Gasteiger partial charge in [0.15, 0.2) is 0 Å². The van der Waals surface area contributed by atoms with E-state index in [2.05, 4.69) is 15.6 Å². The summed E-state index contributed by atoms with van der Waals surface area (Å²) in [5, 5.41) is 6.65. The van der Waals surface area contributed by atoms with Crippen LogP contribution in [-0.4, -0.2) is 111 Å². The second-order valence-electron chi connectivity index (χ2n) is 18.5. The van der Waals surface area contributed by atoms with Crippen molar-refractivity contribution in [2.45, 2.75) is 104 Å². The van der Waals surface area contributed by atoms with E-state index < -0.39 is 23.4 Å². The lowest BCUT2D eigenvalue weighted by Gasteiger charge is -2.30. The molecule has 0 unspecified atom stereocenters. The Morgan fingerprint density at radius 2 is 1.29 bits per heavy atom. The maximum absolute atomic E-state index is 13.6. The Morgan fingerprint density at radius 3 is 1.83 bits per heavy atom. The standard InChI is InChI=1S/C48H55Cl2N7O8/c1-47(2,3)64-45(61)56(26-30-15-18-39(58)52-30)21-20-55-25-29-22-38(51-23-36(29)44(55)60)35-13-9-11-33(42(35)50)32-10-8-12-34(41(32)49)37-17-14-28(43(54-37)63-7)24-57(46(62)65-48(4,5)6)27-31-16-19-40(59)53-31/h8-14,17,22-23,30-31H,15-16,18-21,24-27H2,1-7H3,(H,52,58)(H,53,59)/t30-,31-/m0/s1. The fraction of sp³-hybridized carbons (Fsp3) is 0.438. The van der Waals surface area contributed by atoms with E-state index in [1.54, 1.807) is 62.4 Å². The van der Waals surface area contributed by atoms with Gasteiger partial charge in [-0.05, 0) is 78.1 Å². The lowest BCUT2D eigenvalue weighted by atomic mass is 9.97. The van der Waals surface area contributed by atoms with E-state index in [0.717, 1.165) is 5.56 Å². The minimum Gasteiger partial charge on any atom is -0.481 e. The van der Waals surface area contributed by atoms with Crippen LogP contribution in [0.15, 0.2) is 60.8 Å². The smallest absolute Gasteiger partial charge is 0.410 e. The van der Waals surface area contributed by atoms with Crippen LogP contribution in [0.5, 0.6) is 5.88 Å². The molecule has 0 radical (unpaired) electrons. The molecule has 3 aliphatic rings. The summed E-state index contributed by atoms with van der Waals surface area (Å²) >= 11 is 14.4. The van der Waals surface area contributed by atoms with E-state index >= 15 is 0 Å². The minimum atomic E-state index is -0.723. The van der Waals surface area contributed by atoms with Crippen LogP contribution in [0, 0.1) is 0 Å².